The summed E-state index contributed by atoms with van der Waals surface area (Å²) in [6, 6.07) is 0. The van der Waals surface area contributed by atoms with Crippen LogP contribution < -0.4 is 4.90 Å². The highest BCUT2D eigenvalue weighted by Gasteiger charge is 1.99. The topological polar surface area (TPSA) is 29.0 Å². The molecule has 3 nitrogen and oxygen atoms in total. The van der Waals surface area contributed by atoms with Gasteiger partial charge in [-0.1, -0.05) is 0 Å². The van der Waals surface area contributed by atoms with Crippen LogP contribution in [0.25, 0.3) is 0 Å². The molecule has 0 fully saturated rings. The van der Waals surface area contributed by atoms with Crippen LogP contribution in [0.15, 0.2) is 0 Å². The van der Waals surface area contributed by atoms with Crippen LogP contribution in [0, 0.1) is 6.92 Å². The van der Waals surface area contributed by atoms with E-state index in [-0.39, 0.29) is 0 Å². The molecule has 0 aliphatic rings. The van der Waals surface area contributed by atoms with Crippen LogP contribution in [-0.2, 0) is 0 Å². The number of hydrogen-bond donors (Lipinski definition) is 0. The average molecular weight is 143 g/mol. The van der Waals surface area contributed by atoms with Crippen molar-refractivity contribution in [2.75, 3.05) is 19.0 Å². The molecule has 0 N–H and O–H groups in total. The Balaban J connectivity index is 2.85. The summed E-state index contributed by atoms with van der Waals surface area (Å²) in [7, 11) is 3.92. The monoisotopic (exact) mass is 143 g/mol. The van der Waals surface area contributed by atoms with Gasteiger partial charge in [0.05, 0.1) is 0 Å². The summed E-state index contributed by atoms with van der Waals surface area (Å²) in [6.45, 7) is 1.89. The molecule has 50 valence electrons. The number of hydrogen-bond acceptors (Lipinski definition) is 4. The molecule has 0 spiro atoms. The third-order valence-corrected chi connectivity index (χ3v) is 1.87. The predicted molar refractivity (Wildman–Crippen MR) is 39.0 cm³/mol. The van der Waals surface area contributed by atoms with E-state index in [1.165, 1.54) is 11.5 Å². The Morgan fingerprint density at radius 2 is 2.11 bits per heavy atom. The zero-order chi connectivity index (χ0) is 6.85. The first-order valence-corrected chi connectivity index (χ1v) is 3.45. The molecule has 1 heterocycles. The van der Waals surface area contributed by atoms with Gasteiger partial charge in [0, 0.05) is 25.6 Å². The Kier molecular flexibility index (Phi) is 1.66. The minimum atomic E-state index is 0.851. The lowest BCUT2D eigenvalue weighted by Gasteiger charge is -2.03. The Morgan fingerprint density at radius 3 is 2.33 bits per heavy atom. The highest BCUT2D eigenvalue weighted by Crippen LogP contribution is 2.12. The third-order valence-electron chi connectivity index (χ3n) is 0.899. The largest absolute Gasteiger partial charge is 0.353 e. The van der Waals surface area contributed by atoms with Crippen LogP contribution in [-0.4, -0.2) is 23.5 Å². The molecule has 9 heavy (non-hydrogen) atoms. The van der Waals surface area contributed by atoms with Gasteiger partial charge in [-0.2, -0.15) is 4.37 Å². The van der Waals surface area contributed by atoms with Gasteiger partial charge in [0.25, 0.3) is 0 Å². The maximum absolute atomic E-state index is 4.14. The first kappa shape index (κ1) is 6.48. The SMILES string of the molecule is Cc1nsc(N(C)C)n1. The second-order valence-corrected chi connectivity index (χ2v) is 2.75. The van der Waals surface area contributed by atoms with Crippen LogP contribution in [0.3, 0.4) is 0 Å². The van der Waals surface area contributed by atoms with E-state index in [1.54, 1.807) is 0 Å². The van der Waals surface area contributed by atoms with E-state index in [0.717, 1.165) is 11.0 Å². The fraction of sp³-hybridized carbons (Fsp3) is 0.600. The standard InChI is InChI=1S/C5H9N3S/c1-4-6-5(8(2)3)9-7-4/h1-3H3. The van der Waals surface area contributed by atoms with E-state index in [2.05, 4.69) is 9.36 Å². The van der Waals surface area contributed by atoms with Crippen molar-refractivity contribution in [2.45, 2.75) is 6.92 Å². The second-order valence-electron chi connectivity index (χ2n) is 2.02. The highest BCUT2D eigenvalue weighted by atomic mass is 32.1. The molecule has 1 aromatic rings. The van der Waals surface area contributed by atoms with Gasteiger partial charge in [-0.05, 0) is 6.92 Å². The van der Waals surface area contributed by atoms with Crippen LogP contribution in [0.1, 0.15) is 5.82 Å². The average Bonchev–Trinajstić information content (AvgIpc) is 2.14. The molecule has 0 radical (unpaired) electrons. The summed E-state index contributed by atoms with van der Waals surface area (Å²) < 4.78 is 4.03. The van der Waals surface area contributed by atoms with E-state index >= 15 is 0 Å². The normalized spacial score (nSPS) is 9.67. The van der Waals surface area contributed by atoms with Gasteiger partial charge in [-0.15, -0.1) is 0 Å². The molecule has 4 heteroatoms. The molecule has 1 aromatic heterocycles. The van der Waals surface area contributed by atoms with Crippen LogP contribution in [0.4, 0.5) is 5.13 Å². The highest BCUT2D eigenvalue weighted by molar-refractivity contribution is 7.09. The number of aryl methyl sites for hydroxylation is 1. The van der Waals surface area contributed by atoms with Gasteiger partial charge in [0.2, 0.25) is 5.13 Å². The lowest BCUT2D eigenvalue weighted by Crippen LogP contribution is -2.07. The Bertz CT molecular complexity index is 194. The van der Waals surface area contributed by atoms with Crippen molar-refractivity contribution in [3.8, 4) is 0 Å². The van der Waals surface area contributed by atoms with Crippen molar-refractivity contribution < 1.29 is 0 Å². The van der Waals surface area contributed by atoms with Crippen LogP contribution >= 0.6 is 11.5 Å². The maximum Gasteiger partial charge on any atom is 0.204 e. The minimum Gasteiger partial charge on any atom is -0.353 e. The first-order valence-electron chi connectivity index (χ1n) is 2.68. The summed E-state index contributed by atoms with van der Waals surface area (Å²) in [5.41, 5.74) is 0. The lowest BCUT2D eigenvalue weighted by molar-refractivity contribution is 1.07. The first-order chi connectivity index (χ1) is 4.20. The molecular weight excluding hydrogens is 134 g/mol. The molecule has 0 saturated carbocycles. The number of aromatic nitrogens is 2. The molecule has 0 amide bonds. The molecule has 0 aromatic carbocycles. The Morgan fingerprint density at radius 1 is 1.44 bits per heavy atom. The van der Waals surface area contributed by atoms with Gasteiger partial charge in [0.15, 0.2) is 0 Å². The Labute approximate surface area is 58.5 Å². The van der Waals surface area contributed by atoms with E-state index < -0.39 is 0 Å². The van der Waals surface area contributed by atoms with Crippen molar-refractivity contribution in [3.63, 3.8) is 0 Å². The molecule has 0 unspecified atom stereocenters. The second kappa shape index (κ2) is 2.31. The van der Waals surface area contributed by atoms with Crippen molar-refractivity contribution >= 4 is 16.7 Å². The van der Waals surface area contributed by atoms with E-state index in [9.17, 15) is 0 Å². The predicted octanol–water partition coefficient (Wildman–Crippen LogP) is 0.913. The molecule has 0 bridgehead atoms. The molecule has 0 saturated heterocycles. The molecular formula is C5H9N3S. The van der Waals surface area contributed by atoms with Crippen LogP contribution in [0.5, 0.6) is 0 Å². The zero-order valence-electron chi connectivity index (χ0n) is 5.75. The number of rotatable bonds is 1. The molecule has 0 atom stereocenters. The number of nitrogens with zero attached hydrogens (tertiary/aromatic N) is 3. The quantitative estimate of drug-likeness (QED) is 0.585. The van der Waals surface area contributed by atoms with Gasteiger partial charge in [0.1, 0.15) is 5.82 Å². The fourth-order valence-electron chi connectivity index (χ4n) is 0.468. The van der Waals surface area contributed by atoms with Gasteiger partial charge < -0.3 is 4.90 Å². The molecule has 0 aliphatic heterocycles. The summed E-state index contributed by atoms with van der Waals surface area (Å²) in [5.74, 6) is 0.851. The van der Waals surface area contributed by atoms with Crippen LogP contribution in [0.2, 0.25) is 0 Å². The lowest BCUT2D eigenvalue weighted by atomic mass is 10.7. The summed E-state index contributed by atoms with van der Waals surface area (Å²) in [4.78, 5) is 6.09. The molecule has 1 rings (SSSR count). The van der Waals surface area contributed by atoms with E-state index in [1.807, 2.05) is 25.9 Å². The van der Waals surface area contributed by atoms with E-state index in [4.69, 9.17) is 0 Å². The van der Waals surface area contributed by atoms with Crippen molar-refractivity contribution in [3.05, 3.63) is 5.82 Å². The fourth-order valence-corrected chi connectivity index (χ4v) is 1.06. The van der Waals surface area contributed by atoms with Crippen molar-refractivity contribution in [2.24, 2.45) is 0 Å². The van der Waals surface area contributed by atoms with Crippen molar-refractivity contribution in [1.29, 1.82) is 0 Å². The van der Waals surface area contributed by atoms with E-state index in [0.29, 0.717) is 0 Å². The number of anilines is 1. The summed E-state index contributed by atoms with van der Waals surface area (Å²) in [6.07, 6.45) is 0. The Hall–Kier alpha value is -0.640. The third kappa shape index (κ3) is 1.38. The zero-order valence-corrected chi connectivity index (χ0v) is 6.57. The maximum atomic E-state index is 4.14. The van der Waals surface area contributed by atoms with Crippen molar-refractivity contribution in [1.82, 2.24) is 9.36 Å². The van der Waals surface area contributed by atoms with Gasteiger partial charge >= 0.3 is 0 Å². The van der Waals surface area contributed by atoms with Gasteiger partial charge in [-0.25, -0.2) is 4.98 Å². The van der Waals surface area contributed by atoms with Gasteiger partial charge in [-0.3, -0.25) is 0 Å². The minimum absolute atomic E-state index is 0.851. The smallest absolute Gasteiger partial charge is 0.204 e. The molecule has 0 aliphatic carbocycles. The summed E-state index contributed by atoms with van der Waals surface area (Å²) in [5, 5.41) is 0.965. The summed E-state index contributed by atoms with van der Waals surface area (Å²) >= 11 is 1.42.